The Kier molecular flexibility index (Phi) is 5.09. The number of aromatic nitrogens is 1. The molecule has 8 heteroatoms. The maximum Gasteiger partial charge on any atom is 0.426 e. The molecular formula is C23H28N4O4. The van der Waals surface area contributed by atoms with Crippen LogP contribution in [-0.2, 0) is 20.7 Å². The predicted octanol–water partition coefficient (Wildman–Crippen LogP) is 2.78. The third-order valence-corrected chi connectivity index (χ3v) is 6.94. The van der Waals surface area contributed by atoms with Crippen LogP contribution >= 0.6 is 0 Å². The molecule has 0 unspecified atom stereocenters. The van der Waals surface area contributed by atoms with Crippen molar-refractivity contribution in [3.8, 4) is 0 Å². The Morgan fingerprint density at radius 3 is 2.97 bits per heavy atom. The predicted molar refractivity (Wildman–Crippen MR) is 115 cm³/mol. The van der Waals surface area contributed by atoms with Crippen LogP contribution in [0.25, 0.3) is 10.9 Å². The molecule has 0 saturated carbocycles. The van der Waals surface area contributed by atoms with Gasteiger partial charge >= 0.3 is 6.09 Å². The lowest BCUT2D eigenvalue weighted by Crippen LogP contribution is -2.53. The van der Waals surface area contributed by atoms with Gasteiger partial charge in [0.2, 0.25) is 0 Å². The number of hydrazine groups is 1. The second-order valence-electron chi connectivity index (χ2n) is 8.54. The molecule has 0 spiro atoms. The number of nitrogens with one attached hydrogen (secondary N) is 3. The highest BCUT2D eigenvalue weighted by atomic mass is 16.6. The number of aromatic amines is 1. The number of hydrogen-bond acceptors (Lipinski definition) is 5. The molecule has 0 aliphatic carbocycles. The van der Waals surface area contributed by atoms with E-state index in [1.54, 1.807) is 13.2 Å². The van der Waals surface area contributed by atoms with E-state index in [0.29, 0.717) is 5.57 Å². The number of nitrogens with zero attached hydrogens (tertiary/aromatic N) is 1. The van der Waals surface area contributed by atoms with Crippen molar-refractivity contribution >= 4 is 22.9 Å². The first-order chi connectivity index (χ1) is 15.1. The zero-order valence-corrected chi connectivity index (χ0v) is 17.8. The summed E-state index contributed by atoms with van der Waals surface area (Å²) in [6.45, 7) is 5.89. The van der Waals surface area contributed by atoms with E-state index >= 15 is 0 Å². The monoisotopic (exact) mass is 424 g/mol. The van der Waals surface area contributed by atoms with E-state index in [2.05, 4.69) is 51.9 Å². The van der Waals surface area contributed by atoms with Crippen LogP contribution in [-0.4, -0.2) is 47.7 Å². The fourth-order valence-corrected chi connectivity index (χ4v) is 5.44. The first-order valence-electron chi connectivity index (χ1n) is 11.0. The summed E-state index contributed by atoms with van der Waals surface area (Å²) in [6, 6.07) is 8.68. The third kappa shape index (κ3) is 3.44. The molecule has 0 bridgehead atoms. The Balaban J connectivity index is 1.40. The van der Waals surface area contributed by atoms with E-state index in [1.165, 1.54) is 22.2 Å². The minimum atomic E-state index is -0.678. The minimum Gasteiger partial charge on any atom is -0.497 e. The SMILES string of the molecule is CCOC(=O)NNC(=O)C1=CO[C@@H](C)[C@H]2CN3CCc4c([nH]c5ccccc45)[C@@H]3C[C@H]12. The molecule has 8 nitrogen and oxygen atoms in total. The van der Waals surface area contributed by atoms with E-state index in [1.807, 2.05) is 0 Å². The van der Waals surface area contributed by atoms with Crippen molar-refractivity contribution < 1.29 is 19.1 Å². The fraction of sp³-hybridized carbons (Fsp3) is 0.478. The van der Waals surface area contributed by atoms with Crippen LogP contribution in [0.5, 0.6) is 0 Å². The molecular weight excluding hydrogens is 396 g/mol. The molecule has 3 N–H and O–H groups in total. The van der Waals surface area contributed by atoms with Crippen LogP contribution in [0.15, 0.2) is 36.1 Å². The summed E-state index contributed by atoms with van der Waals surface area (Å²) in [5.74, 6) is -0.0852. The average Bonchev–Trinajstić information content (AvgIpc) is 3.16. The van der Waals surface area contributed by atoms with E-state index in [9.17, 15) is 9.59 Å². The summed E-state index contributed by atoms with van der Waals surface area (Å²) in [4.78, 5) is 30.6. The van der Waals surface area contributed by atoms with Gasteiger partial charge in [-0.3, -0.25) is 15.1 Å². The maximum absolute atomic E-state index is 12.9. The van der Waals surface area contributed by atoms with Gasteiger partial charge in [0.05, 0.1) is 30.6 Å². The quantitative estimate of drug-likeness (QED) is 0.645. The van der Waals surface area contributed by atoms with Crippen LogP contribution in [0.3, 0.4) is 0 Å². The fourth-order valence-electron chi connectivity index (χ4n) is 5.44. The number of rotatable bonds is 2. The van der Waals surface area contributed by atoms with Crippen molar-refractivity contribution in [2.24, 2.45) is 11.8 Å². The Bertz CT molecular complexity index is 1050. The van der Waals surface area contributed by atoms with Gasteiger partial charge < -0.3 is 14.5 Å². The highest BCUT2D eigenvalue weighted by Crippen LogP contribution is 2.47. The second kappa shape index (κ2) is 7.92. The molecule has 4 heterocycles. The van der Waals surface area contributed by atoms with Crippen molar-refractivity contribution in [1.82, 2.24) is 20.7 Å². The number of amides is 2. The molecule has 1 saturated heterocycles. The molecule has 1 aromatic heterocycles. The standard InChI is InChI=1S/C23H28N4O4/c1-3-30-23(29)26-25-22(28)18-12-31-13(2)17-11-27-9-8-15-14-6-4-5-7-19(14)24-21(15)20(27)10-16(17)18/h4-7,12-13,16-17,20,24H,3,8-11H2,1-2H3,(H,25,28)(H,26,29)/t13-,16-,17+,20-/m0/s1. The highest BCUT2D eigenvalue weighted by Gasteiger charge is 2.46. The van der Waals surface area contributed by atoms with Crippen LogP contribution < -0.4 is 10.9 Å². The number of piperidine rings is 1. The number of hydrogen-bond donors (Lipinski definition) is 3. The summed E-state index contributed by atoms with van der Waals surface area (Å²) in [5, 5.41) is 1.30. The zero-order valence-electron chi connectivity index (χ0n) is 17.8. The van der Waals surface area contributed by atoms with Crippen LogP contribution in [0.2, 0.25) is 0 Å². The zero-order chi connectivity index (χ0) is 21.5. The van der Waals surface area contributed by atoms with Gasteiger partial charge in [0.15, 0.2) is 0 Å². The molecule has 2 aromatic rings. The van der Waals surface area contributed by atoms with Crippen molar-refractivity contribution in [3.63, 3.8) is 0 Å². The number of carbonyl (C=O) groups is 2. The molecule has 164 valence electrons. The number of fused-ring (bicyclic) bond motifs is 6. The van der Waals surface area contributed by atoms with Gasteiger partial charge in [0.1, 0.15) is 0 Å². The number of H-pyrrole nitrogens is 1. The lowest BCUT2D eigenvalue weighted by Gasteiger charge is -2.49. The minimum absolute atomic E-state index is 0.0321. The summed E-state index contributed by atoms with van der Waals surface area (Å²) in [6.07, 6.45) is 2.78. The van der Waals surface area contributed by atoms with Gasteiger partial charge in [-0.25, -0.2) is 10.2 Å². The normalized spacial score (nSPS) is 27.2. The van der Waals surface area contributed by atoms with Crippen LogP contribution in [0.1, 0.15) is 37.6 Å². The van der Waals surface area contributed by atoms with E-state index in [-0.39, 0.29) is 36.5 Å². The van der Waals surface area contributed by atoms with E-state index in [0.717, 1.165) is 25.9 Å². The summed E-state index contributed by atoms with van der Waals surface area (Å²) < 4.78 is 10.6. The molecule has 0 radical (unpaired) electrons. The lowest BCUT2D eigenvalue weighted by molar-refractivity contribution is -0.121. The van der Waals surface area contributed by atoms with Crippen molar-refractivity contribution in [3.05, 3.63) is 47.4 Å². The second-order valence-corrected chi connectivity index (χ2v) is 8.54. The van der Waals surface area contributed by atoms with Gasteiger partial charge in [-0.05, 0) is 38.3 Å². The Labute approximate surface area is 180 Å². The van der Waals surface area contributed by atoms with Crippen LogP contribution in [0, 0.1) is 11.8 Å². The van der Waals surface area contributed by atoms with E-state index < -0.39 is 6.09 Å². The number of benzene rings is 1. The number of para-hydroxylation sites is 1. The summed E-state index contributed by atoms with van der Waals surface area (Å²) >= 11 is 0. The summed E-state index contributed by atoms with van der Waals surface area (Å²) in [5.41, 5.74) is 9.18. The molecule has 4 atom stereocenters. The molecule has 5 rings (SSSR count). The average molecular weight is 425 g/mol. The maximum atomic E-state index is 12.9. The van der Waals surface area contributed by atoms with Gasteiger partial charge in [0, 0.05) is 41.5 Å². The largest absolute Gasteiger partial charge is 0.497 e. The molecule has 2 amide bonds. The van der Waals surface area contributed by atoms with Gasteiger partial charge in [-0.15, -0.1) is 0 Å². The Hall–Kier alpha value is -3.00. The molecule has 31 heavy (non-hydrogen) atoms. The lowest BCUT2D eigenvalue weighted by atomic mass is 9.72. The number of carbonyl (C=O) groups excluding carboxylic acids is 2. The van der Waals surface area contributed by atoms with Crippen molar-refractivity contribution in [2.45, 2.75) is 38.8 Å². The molecule has 1 aromatic carbocycles. The van der Waals surface area contributed by atoms with Crippen molar-refractivity contribution in [2.75, 3.05) is 19.7 Å². The van der Waals surface area contributed by atoms with Crippen LogP contribution in [0.4, 0.5) is 4.79 Å². The summed E-state index contributed by atoms with van der Waals surface area (Å²) in [7, 11) is 0. The smallest absolute Gasteiger partial charge is 0.426 e. The molecule has 3 aliphatic rings. The Morgan fingerprint density at radius 1 is 1.29 bits per heavy atom. The van der Waals surface area contributed by atoms with E-state index in [4.69, 9.17) is 9.47 Å². The Morgan fingerprint density at radius 2 is 2.13 bits per heavy atom. The highest BCUT2D eigenvalue weighted by molar-refractivity contribution is 5.94. The first-order valence-corrected chi connectivity index (χ1v) is 11.0. The number of ether oxygens (including phenoxy) is 2. The van der Waals surface area contributed by atoms with Gasteiger partial charge in [0.25, 0.3) is 5.91 Å². The van der Waals surface area contributed by atoms with Gasteiger partial charge in [-0.2, -0.15) is 0 Å². The molecule has 1 fully saturated rings. The van der Waals surface area contributed by atoms with Gasteiger partial charge in [-0.1, -0.05) is 18.2 Å². The molecule has 3 aliphatic heterocycles. The first kappa shape index (κ1) is 19.9. The van der Waals surface area contributed by atoms with Crippen molar-refractivity contribution in [1.29, 1.82) is 0 Å². The topological polar surface area (TPSA) is 95.7 Å². The third-order valence-electron chi connectivity index (χ3n) is 6.94.